The summed E-state index contributed by atoms with van der Waals surface area (Å²) < 4.78 is 11.3. The molecule has 1 fully saturated rings. The molecule has 0 aliphatic carbocycles. The highest BCUT2D eigenvalue weighted by atomic mass is 35.5. The van der Waals surface area contributed by atoms with E-state index in [1.807, 2.05) is 6.92 Å². The molecule has 10 heteroatoms. The highest BCUT2D eigenvalue weighted by molar-refractivity contribution is 8.19. The molecule has 3 aromatic rings. The summed E-state index contributed by atoms with van der Waals surface area (Å²) in [6.45, 7) is 1.93. The van der Waals surface area contributed by atoms with Gasteiger partial charge in [-0.15, -0.1) is 0 Å². The number of amides is 3. The minimum atomic E-state index is -0.441. The van der Waals surface area contributed by atoms with Gasteiger partial charge in [-0.3, -0.25) is 14.4 Å². The van der Waals surface area contributed by atoms with E-state index < -0.39 is 11.1 Å². The molecule has 0 unspecified atom stereocenters. The predicted molar refractivity (Wildman–Crippen MR) is 143 cm³/mol. The number of benzene rings is 3. The van der Waals surface area contributed by atoms with Gasteiger partial charge in [-0.2, -0.15) is 0 Å². The van der Waals surface area contributed by atoms with E-state index in [-0.39, 0.29) is 17.4 Å². The lowest BCUT2D eigenvalue weighted by Crippen LogP contribution is -2.27. The van der Waals surface area contributed by atoms with E-state index in [1.54, 1.807) is 72.8 Å². The molecule has 1 aliphatic rings. The maximum atomic E-state index is 12.9. The molecule has 7 nitrogen and oxygen atoms in total. The van der Waals surface area contributed by atoms with E-state index in [2.05, 4.69) is 5.32 Å². The number of thioether (sulfide) groups is 1. The van der Waals surface area contributed by atoms with Gasteiger partial charge >= 0.3 is 0 Å². The van der Waals surface area contributed by atoms with Gasteiger partial charge < -0.3 is 14.8 Å². The normalized spacial score (nSPS) is 14.3. The number of carbonyl (C=O) groups is 3. The Hall–Kier alpha value is -3.46. The quantitative estimate of drug-likeness (QED) is 0.320. The Kier molecular flexibility index (Phi) is 8.20. The van der Waals surface area contributed by atoms with Crippen LogP contribution >= 0.6 is 35.0 Å². The molecule has 0 bridgehead atoms. The van der Waals surface area contributed by atoms with E-state index in [0.717, 1.165) is 16.7 Å². The van der Waals surface area contributed by atoms with Gasteiger partial charge in [0.2, 0.25) is 0 Å². The van der Waals surface area contributed by atoms with Gasteiger partial charge in [0.05, 0.1) is 17.2 Å². The molecule has 1 aliphatic heterocycles. The first-order valence-corrected chi connectivity index (χ1v) is 12.4. The number of anilines is 2. The molecule has 0 atom stereocenters. The van der Waals surface area contributed by atoms with Crippen LogP contribution in [-0.2, 0) is 9.59 Å². The molecule has 3 aromatic carbocycles. The topological polar surface area (TPSA) is 84.9 Å². The lowest BCUT2D eigenvalue weighted by atomic mass is 10.1. The first-order chi connectivity index (χ1) is 17.3. The Morgan fingerprint density at radius 3 is 2.44 bits per heavy atom. The second kappa shape index (κ2) is 11.5. The van der Waals surface area contributed by atoms with Crippen LogP contribution in [0.2, 0.25) is 10.0 Å². The van der Waals surface area contributed by atoms with E-state index in [4.69, 9.17) is 32.7 Å². The first kappa shape index (κ1) is 25.6. The van der Waals surface area contributed by atoms with Gasteiger partial charge in [0.25, 0.3) is 17.1 Å². The third kappa shape index (κ3) is 6.20. The number of hydrogen-bond acceptors (Lipinski definition) is 6. The molecule has 3 amide bonds. The standard InChI is InChI=1S/C26H20Cl2N2O5S/c1-2-34-22-11-16(9-10-21(22)35-15-24(31)29-19-7-3-5-17(27)13-19)12-23-25(32)30(26(33)36-23)20-8-4-6-18(28)14-20/h3-14H,2,15H2,1H3,(H,29,31)/b23-12-. The summed E-state index contributed by atoms with van der Waals surface area (Å²) in [6.07, 6.45) is 1.60. The van der Waals surface area contributed by atoms with Crippen molar-refractivity contribution in [3.63, 3.8) is 0 Å². The molecule has 184 valence electrons. The smallest absolute Gasteiger partial charge is 0.298 e. The molecule has 1 saturated heterocycles. The molecule has 4 rings (SSSR count). The first-order valence-electron chi connectivity index (χ1n) is 10.8. The molecule has 0 spiro atoms. The van der Waals surface area contributed by atoms with Gasteiger partial charge in [0.1, 0.15) is 0 Å². The molecule has 36 heavy (non-hydrogen) atoms. The Morgan fingerprint density at radius 2 is 1.72 bits per heavy atom. The van der Waals surface area contributed by atoms with Crippen molar-refractivity contribution in [1.82, 2.24) is 0 Å². The zero-order valence-electron chi connectivity index (χ0n) is 19.0. The summed E-state index contributed by atoms with van der Waals surface area (Å²) >= 11 is 12.8. The van der Waals surface area contributed by atoms with Crippen molar-refractivity contribution in [2.45, 2.75) is 6.92 Å². The van der Waals surface area contributed by atoms with E-state index in [0.29, 0.717) is 45.1 Å². The van der Waals surface area contributed by atoms with Gasteiger partial charge in [-0.1, -0.05) is 41.4 Å². The highest BCUT2D eigenvalue weighted by Gasteiger charge is 2.36. The number of halogens is 2. The average Bonchev–Trinajstić information content (AvgIpc) is 3.11. The van der Waals surface area contributed by atoms with Gasteiger partial charge in [-0.25, -0.2) is 4.90 Å². The predicted octanol–water partition coefficient (Wildman–Crippen LogP) is 6.65. The Bertz CT molecular complexity index is 1360. The van der Waals surface area contributed by atoms with Crippen molar-refractivity contribution < 1.29 is 23.9 Å². The van der Waals surface area contributed by atoms with Crippen LogP contribution in [0.5, 0.6) is 11.5 Å². The van der Waals surface area contributed by atoms with Gasteiger partial charge in [0, 0.05) is 15.7 Å². The zero-order valence-corrected chi connectivity index (χ0v) is 21.3. The monoisotopic (exact) mass is 542 g/mol. The molecular formula is C26H20Cl2N2O5S. The van der Waals surface area contributed by atoms with Crippen LogP contribution in [0.25, 0.3) is 6.08 Å². The Balaban J connectivity index is 1.48. The van der Waals surface area contributed by atoms with E-state index >= 15 is 0 Å². The van der Waals surface area contributed by atoms with Crippen LogP contribution in [-0.4, -0.2) is 30.3 Å². The fraction of sp³-hybridized carbons (Fsp3) is 0.115. The lowest BCUT2D eigenvalue weighted by Gasteiger charge is -2.13. The van der Waals surface area contributed by atoms with Crippen LogP contribution in [0.1, 0.15) is 12.5 Å². The number of nitrogens with one attached hydrogen (secondary N) is 1. The van der Waals surface area contributed by atoms with E-state index in [9.17, 15) is 14.4 Å². The van der Waals surface area contributed by atoms with Gasteiger partial charge in [-0.05, 0) is 78.9 Å². The van der Waals surface area contributed by atoms with Crippen molar-refractivity contribution in [3.05, 3.63) is 87.2 Å². The minimum absolute atomic E-state index is 0.246. The van der Waals surface area contributed by atoms with Crippen molar-refractivity contribution in [3.8, 4) is 11.5 Å². The van der Waals surface area contributed by atoms with Crippen LogP contribution in [0.4, 0.5) is 16.2 Å². The third-order valence-electron chi connectivity index (χ3n) is 4.89. The number of carbonyl (C=O) groups excluding carboxylic acids is 3. The number of imide groups is 1. The van der Waals surface area contributed by atoms with Crippen molar-refractivity contribution in [2.75, 3.05) is 23.4 Å². The maximum absolute atomic E-state index is 12.9. The van der Waals surface area contributed by atoms with Crippen LogP contribution < -0.4 is 19.7 Å². The summed E-state index contributed by atoms with van der Waals surface area (Å²) in [6, 6.07) is 18.4. The number of rotatable bonds is 8. The summed E-state index contributed by atoms with van der Waals surface area (Å²) in [5, 5.41) is 3.23. The highest BCUT2D eigenvalue weighted by Crippen LogP contribution is 2.37. The average molecular weight is 543 g/mol. The molecule has 0 radical (unpaired) electrons. The van der Waals surface area contributed by atoms with Crippen molar-refractivity contribution in [2.24, 2.45) is 0 Å². The second-order valence-corrected chi connectivity index (χ2v) is 9.35. The van der Waals surface area contributed by atoms with Crippen molar-refractivity contribution in [1.29, 1.82) is 0 Å². The fourth-order valence-electron chi connectivity index (χ4n) is 3.37. The fourth-order valence-corrected chi connectivity index (χ4v) is 4.58. The Morgan fingerprint density at radius 1 is 0.972 bits per heavy atom. The Labute approximate surface area is 222 Å². The summed E-state index contributed by atoms with van der Waals surface area (Å²) in [4.78, 5) is 39.1. The summed E-state index contributed by atoms with van der Waals surface area (Å²) in [5.41, 5.74) is 1.59. The maximum Gasteiger partial charge on any atom is 0.298 e. The van der Waals surface area contributed by atoms with Crippen LogP contribution in [0.15, 0.2) is 71.6 Å². The number of nitrogens with zero attached hydrogens (tertiary/aromatic N) is 1. The van der Waals surface area contributed by atoms with Crippen LogP contribution in [0.3, 0.4) is 0 Å². The largest absolute Gasteiger partial charge is 0.490 e. The number of ether oxygens (including phenoxy) is 2. The lowest BCUT2D eigenvalue weighted by molar-refractivity contribution is -0.118. The second-order valence-electron chi connectivity index (χ2n) is 7.48. The molecule has 1 heterocycles. The molecule has 0 aromatic heterocycles. The minimum Gasteiger partial charge on any atom is -0.490 e. The van der Waals surface area contributed by atoms with Crippen molar-refractivity contribution >= 4 is 69.5 Å². The zero-order chi connectivity index (χ0) is 25.7. The molecule has 0 saturated carbocycles. The summed E-state index contributed by atoms with van der Waals surface area (Å²) in [7, 11) is 0. The van der Waals surface area contributed by atoms with Crippen LogP contribution in [0, 0.1) is 0 Å². The third-order valence-corrected chi connectivity index (χ3v) is 6.23. The molecular weight excluding hydrogens is 523 g/mol. The van der Waals surface area contributed by atoms with Gasteiger partial charge in [0.15, 0.2) is 18.1 Å². The van der Waals surface area contributed by atoms with E-state index in [1.165, 1.54) is 0 Å². The summed E-state index contributed by atoms with van der Waals surface area (Å²) in [5.74, 6) is -0.0418. The number of hydrogen-bond donors (Lipinski definition) is 1. The SMILES string of the molecule is CCOc1cc(/C=C2\SC(=O)N(c3cccc(Cl)c3)C2=O)ccc1OCC(=O)Nc1cccc(Cl)c1. The molecule has 1 N–H and O–H groups in total.